The number of imide groups is 1. The second-order valence-electron chi connectivity index (χ2n) is 22.8. The lowest BCUT2D eigenvalue weighted by molar-refractivity contribution is -0.137. The van der Waals surface area contributed by atoms with E-state index in [1.165, 1.54) is 16.4 Å². The molecule has 0 bridgehead atoms. The molecule has 3 fully saturated rings. The molecule has 22 nitrogen and oxygen atoms in total. The number of aromatic nitrogens is 5. The summed E-state index contributed by atoms with van der Waals surface area (Å²) in [4.78, 5) is 88.5. The third-order valence-electron chi connectivity index (χ3n) is 16.2. The second-order valence-corrected chi connectivity index (χ2v) is 22.8. The standard InChI is InChI=1S/C64H80N12O10/c1-4-25-75-62(81)52-42-65-63(69-59(52)76(75)57-13-8-12-56(67-57)64(2,3)82)66-48-18-20-49(21-19-48)73-33-31-70(32-34-73)26-6-5-9-50(77)24-36-83-38-40-85-41-39-84-37-35-71-27-29-72(30-28-71)43-46-14-16-47(17-15-46)45-86-55-11-7-10-51-53(55)44-74(61(51)80)54-22-23-58(78)68-60(54)79/h4,7-8,10-21,42,54,82H,1,5-6,9,22-41,43-45H2,2-3H3,(H,65,66,69)(H,68,78,79). The van der Waals surface area contributed by atoms with Crippen LogP contribution < -0.4 is 25.8 Å². The molecule has 4 aliphatic rings. The number of rotatable bonds is 30. The van der Waals surface area contributed by atoms with Crippen molar-refractivity contribution in [1.82, 2.24) is 49.2 Å². The Hall–Kier alpha value is -7.70. The monoisotopic (exact) mass is 1180 g/mol. The fourth-order valence-electron chi connectivity index (χ4n) is 11.3. The number of nitrogens with one attached hydrogen (secondary N) is 2. The first-order chi connectivity index (χ1) is 41.8. The van der Waals surface area contributed by atoms with E-state index in [1.54, 1.807) is 59.8 Å². The summed E-state index contributed by atoms with van der Waals surface area (Å²) < 4.78 is 26.6. The number of nitrogens with zero attached hydrogens (tertiary/aromatic N) is 10. The number of aliphatic hydroxyl groups is 1. The summed E-state index contributed by atoms with van der Waals surface area (Å²) in [6.45, 7) is 21.4. The molecule has 7 heterocycles. The van der Waals surface area contributed by atoms with E-state index in [2.05, 4.69) is 83.2 Å². The number of carbonyl (C=O) groups is 4. The van der Waals surface area contributed by atoms with Gasteiger partial charge in [0.25, 0.3) is 11.5 Å². The van der Waals surface area contributed by atoms with Gasteiger partial charge in [-0.05, 0) is 99.3 Å². The van der Waals surface area contributed by atoms with Crippen molar-refractivity contribution in [2.75, 3.05) is 115 Å². The molecule has 456 valence electrons. The Morgan fingerprint density at radius 2 is 1.45 bits per heavy atom. The number of fused-ring (bicyclic) bond motifs is 2. The number of piperidine rings is 1. The van der Waals surface area contributed by atoms with E-state index in [9.17, 15) is 29.1 Å². The van der Waals surface area contributed by atoms with E-state index in [1.807, 2.05) is 18.2 Å². The first-order valence-electron chi connectivity index (χ1n) is 30.1. The molecule has 3 saturated heterocycles. The molecule has 4 aliphatic heterocycles. The van der Waals surface area contributed by atoms with Crippen molar-refractivity contribution in [3.63, 3.8) is 0 Å². The normalized spacial score (nSPS) is 17.1. The number of benzene rings is 3. The van der Waals surface area contributed by atoms with E-state index in [-0.39, 0.29) is 42.7 Å². The van der Waals surface area contributed by atoms with Crippen molar-refractivity contribution in [3.8, 4) is 11.6 Å². The second kappa shape index (κ2) is 29.1. The topological polar surface area (TPSA) is 231 Å². The van der Waals surface area contributed by atoms with E-state index in [0.29, 0.717) is 105 Å². The number of anilines is 3. The highest BCUT2D eigenvalue weighted by molar-refractivity contribution is 6.05. The molecule has 3 aromatic heterocycles. The van der Waals surface area contributed by atoms with Crippen LogP contribution >= 0.6 is 0 Å². The van der Waals surface area contributed by atoms with Crippen LogP contribution in [0.2, 0.25) is 0 Å². The van der Waals surface area contributed by atoms with E-state index >= 15 is 0 Å². The number of piperazine rings is 2. The molecule has 3 N–H and O–H groups in total. The lowest BCUT2D eigenvalue weighted by Crippen LogP contribution is -2.52. The van der Waals surface area contributed by atoms with Crippen LogP contribution in [-0.4, -0.2) is 184 Å². The predicted octanol–water partition coefficient (Wildman–Crippen LogP) is 5.59. The predicted molar refractivity (Wildman–Crippen MR) is 326 cm³/mol. The number of carbonyl (C=O) groups excluding carboxylic acids is 4. The van der Waals surface area contributed by atoms with Crippen LogP contribution in [0.15, 0.2) is 109 Å². The van der Waals surface area contributed by atoms with Gasteiger partial charge in [0.2, 0.25) is 17.8 Å². The summed E-state index contributed by atoms with van der Waals surface area (Å²) in [5.41, 5.74) is 4.90. The highest BCUT2D eigenvalue weighted by Crippen LogP contribution is 2.34. The number of ketones is 1. The van der Waals surface area contributed by atoms with Gasteiger partial charge in [0.1, 0.15) is 35.2 Å². The number of amides is 3. The number of hydrogen-bond acceptors (Lipinski definition) is 18. The van der Waals surface area contributed by atoms with Crippen LogP contribution in [0.1, 0.15) is 85.1 Å². The summed E-state index contributed by atoms with van der Waals surface area (Å²) in [5, 5.41) is 16.6. The summed E-state index contributed by atoms with van der Waals surface area (Å²) in [6.07, 6.45) is 6.53. The van der Waals surface area contributed by atoms with Crippen LogP contribution in [0.4, 0.5) is 17.3 Å². The first kappa shape index (κ1) is 61.4. The average molecular weight is 1180 g/mol. The zero-order chi connectivity index (χ0) is 60.0. The number of hydrogen-bond donors (Lipinski definition) is 3. The quantitative estimate of drug-likeness (QED) is 0.0283. The minimum absolute atomic E-state index is 0.214. The highest BCUT2D eigenvalue weighted by atomic mass is 16.5. The van der Waals surface area contributed by atoms with Crippen molar-refractivity contribution in [2.45, 2.75) is 90.3 Å². The number of allylic oxidation sites excluding steroid dienone is 1. The minimum Gasteiger partial charge on any atom is -0.489 e. The maximum absolute atomic E-state index is 13.4. The Balaban J connectivity index is 0.524. The number of pyridine rings is 1. The average Bonchev–Trinajstić information content (AvgIpc) is 2.00. The molecule has 86 heavy (non-hydrogen) atoms. The Morgan fingerprint density at radius 1 is 0.767 bits per heavy atom. The van der Waals surface area contributed by atoms with Gasteiger partial charge < -0.3 is 39.2 Å². The molecule has 0 saturated carbocycles. The molecule has 22 heteroatoms. The van der Waals surface area contributed by atoms with Crippen LogP contribution in [0, 0.1) is 0 Å². The molecule has 10 rings (SSSR count). The molecular formula is C64H80N12O10. The van der Waals surface area contributed by atoms with Gasteiger partial charge in [0.15, 0.2) is 11.5 Å². The Bertz CT molecular complexity index is 3370. The van der Waals surface area contributed by atoms with Crippen LogP contribution in [0.3, 0.4) is 0 Å². The summed E-state index contributed by atoms with van der Waals surface area (Å²) in [7, 11) is 0. The number of unbranched alkanes of at least 4 members (excludes halogenated alkanes) is 1. The van der Waals surface area contributed by atoms with Crippen LogP contribution in [0.25, 0.3) is 16.9 Å². The summed E-state index contributed by atoms with van der Waals surface area (Å²) in [5.74, 6) is 0.679. The third-order valence-corrected chi connectivity index (χ3v) is 16.2. The molecule has 6 aromatic rings. The van der Waals surface area contributed by atoms with E-state index < -0.39 is 17.6 Å². The number of Topliss-reactive ketones (excluding diaryl/α,β-unsaturated/α-hetero) is 1. The van der Waals surface area contributed by atoms with Crippen molar-refractivity contribution in [3.05, 3.63) is 142 Å². The van der Waals surface area contributed by atoms with Gasteiger partial charge in [-0.15, -0.1) is 6.58 Å². The zero-order valence-corrected chi connectivity index (χ0v) is 49.5. The fraction of sp³-hybridized carbons (Fsp3) is 0.469. The van der Waals surface area contributed by atoms with Gasteiger partial charge in [-0.2, -0.15) is 4.98 Å². The van der Waals surface area contributed by atoms with Crippen molar-refractivity contribution >= 4 is 51.9 Å². The van der Waals surface area contributed by atoms with E-state index in [4.69, 9.17) is 23.9 Å². The molecule has 0 spiro atoms. The van der Waals surface area contributed by atoms with Crippen LogP contribution in [-0.2, 0) is 60.4 Å². The fourth-order valence-corrected chi connectivity index (χ4v) is 11.3. The van der Waals surface area contributed by atoms with E-state index in [0.717, 1.165) is 107 Å². The molecule has 1 unspecified atom stereocenters. The maximum atomic E-state index is 13.4. The Kier molecular flexibility index (Phi) is 20.8. The molecule has 0 radical (unpaired) electrons. The van der Waals surface area contributed by atoms with Crippen LogP contribution in [0.5, 0.6) is 5.75 Å². The van der Waals surface area contributed by atoms with Gasteiger partial charge in [-0.25, -0.2) is 19.3 Å². The smallest absolute Gasteiger partial charge is 0.278 e. The highest BCUT2D eigenvalue weighted by Gasteiger charge is 2.40. The van der Waals surface area contributed by atoms with Gasteiger partial charge in [-0.1, -0.05) is 42.5 Å². The van der Waals surface area contributed by atoms with Gasteiger partial charge in [-0.3, -0.25) is 44.0 Å². The van der Waals surface area contributed by atoms with Gasteiger partial charge in [0, 0.05) is 113 Å². The molecular weight excluding hydrogens is 1100 g/mol. The molecule has 3 amide bonds. The summed E-state index contributed by atoms with van der Waals surface area (Å²) in [6, 6.07) is 26.7. The summed E-state index contributed by atoms with van der Waals surface area (Å²) >= 11 is 0. The Labute approximate surface area is 501 Å². The van der Waals surface area contributed by atoms with Crippen molar-refractivity contribution in [2.24, 2.45) is 0 Å². The lowest BCUT2D eigenvalue weighted by Gasteiger charge is -2.36. The van der Waals surface area contributed by atoms with Crippen molar-refractivity contribution < 1.29 is 43.2 Å². The molecule has 0 aliphatic carbocycles. The van der Waals surface area contributed by atoms with Crippen molar-refractivity contribution in [1.29, 1.82) is 0 Å². The zero-order valence-electron chi connectivity index (χ0n) is 49.5. The Morgan fingerprint density at radius 3 is 2.19 bits per heavy atom. The van der Waals surface area contributed by atoms with Gasteiger partial charge in [0.05, 0.1) is 58.4 Å². The SMILES string of the molecule is C=CCn1c(=O)c2cnc(Nc3ccc(N4CCN(CCCCC(=O)CCOCCOCCOCCN5CCN(Cc6ccc(COc7cccc8c7CN(C7CCC(=O)NC7=O)C8=O)cc6)CC5)CC4)cc3)nc2n1-c1cccc(C(C)(C)O)n1. The number of ether oxygens (including phenoxy) is 4. The molecule has 3 aromatic carbocycles. The molecule has 1 atom stereocenters. The minimum atomic E-state index is -1.18. The largest absolute Gasteiger partial charge is 0.489 e. The third kappa shape index (κ3) is 15.8. The maximum Gasteiger partial charge on any atom is 0.278 e. The lowest BCUT2D eigenvalue weighted by atomic mass is 10.0. The first-order valence-corrected chi connectivity index (χ1v) is 30.1. The van der Waals surface area contributed by atoms with Gasteiger partial charge >= 0.3 is 0 Å².